The van der Waals surface area contributed by atoms with Crippen molar-refractivity contribution < 1.29 is 9.90 Å². The number of hydrogen-bond acceptors (Lipinski definition) is 3. The van der Waals surface area contributed by atoms with Crippen molar-refractivity contribution in [1.82, 2.24) is 15.1 Å². The number of aliphatic hydroxyl groups is 1. The molecule has 1 heterocycles. The van der Waals surface area contributed by atoms with Gasteiger partial charge in [-0.15, -0.1) is 0 Å². The molecule has 2 N–H and O–H groups in total. The third-order valence-corrected chi connectivity index (χ3v) is 4.00. The van der Waals surface area contributed by atoms with Crippen molar-refractivity contribution in [3.63, 3.8) is 0 Å². The highest BCUT2D eigenvalue weighted by Gasteiger charge is 2.16. The molecule has 1 aromatic carbocycles. The van der Waals surface area contributed by atoms with E-state index in [0.717, 1.165) is 5.56 Å². The molecule has 2 aromatic rings. The topological polar surface area (TPSA) is 67.2 Å². The Morgan fingerprint density at radius 2 is 1.91 bits per heavy atom. The lowest BCUT2D eigenvalue weighted by Gasteiger charge is -2.13. The zero-order valence-corrected chi connectivity index (χ0v) is 13.6. The maximum atomic E-state index is 12.0. The molecule has 22 heavy (non-hydrogen) atoms. The Balaban J connectivity index is 1.96. The molecule has 0 saturated carbocycles. The predicted octanol–water partition coefficient (Wildman–Crippen LogP) is 2.66. The van der Waals surface area contributed by atoms with Gasteiger partial charge in [-0.25, -0.2) is 0 Å². The molecule has 0 aliphatic rings. The molecule has 0 aliphatic heterocycles. The van der Waals surface area contributed by atoms with Crippen LogP contribution in [0.25, 0.3) is 0 Å². The summed E-state index contributed by atoms with van der Waals surface area (Å²) < 4.78 is 1.41. The Bertz CT molecular complexity index is 650. The van der Waals surface area contributed by atoms with Crippen LogP contribution in [0.5, 0.6) is 0 Å². The highest BCUT2D eigenvalue weighted by molar-refractivity contribution is 6.32. The Hall–Kier alpha value is -1.85. The van der Waals surface area contributed by atoms with E-state index < -0.39 is 6.10 Å². The van der Waals surface area contributed by atoms with Gasteiger partial charge in [0.2, 0.25) is 0 Å². The number of carbonyl (C=O) groups is 1. The zero-order chi connectivity index (χ0) is 16.3. The van der Waals surface area contributed by atoms with E-state index >= 15 is 0 Å². The summed E-state index contributed by atoms with van der Waals surface area (Å²) in [6.07, 6.45) is 0.641. The quantitative estimate of drug-likeness (QED) is 0.889. The second-order valence-electron chi connectivity index (χ2n) is 5.52. The van der Waals surface area contributed by atoms with E-state index in [2.05, 4.69) is 24.3 Å². The second-order valence-corrected chi connectivity index (χ2v) is 5.88. The lowest BCUT2D eigenvalue weighted by atomic mass is 10.00. The van der Waals surface area contributed by atoms with Crippen LogP contribution in [0, 0.1) is 0 Å². The van der Waals surface area contributed by atoms with E-state index in [9.17, 15) is 9.90 Å². The summed E-state index contributed by atoms with van der Waals surface area (Å²) in [6.45, 7) is 4.34. The van der Waals surface area contributed by atoms with Crippen molar-refractivity contribution in [3.8, 4) is 0 Å². The normalized spacial score (nSPS) is 12.5. The van der Waals surface area contributed by atoms with Gasteiger partial charge >= 0.3 is 0 Å². The van der Waals surface area contributed by atoms with E-state index in [1.165, 1.54) is 16.4 Å². The molecule has 118 valence electrons. The minimum absolute atomic E-state index is 0.116. The molecule has 0 saturated heterocycles. The summed E-state index contributed by atoms with van der Waals surface area (Å²) in [7, 11) is 1.66. The number of nitrogens with one attached hydrogen (secondary N) is 1. The minimum atomic E-state index is -0.763. The van der Waals surface area contributed by atoms with Gasteiger partial charge in [-0.1, -0.05) is 49.7 Å². The van der Waals surface area contributed by atoms with E-state index in [1.54, 1.807) is 7.05 Å². The van der Waals surface area contributed by atoms with Crippen LogP contribution in [0.3, 0.4) is 0 Å². The third kappa shape index (κ3) is 3.67. The number of amides is 1. The molecular weight excluding hydrogens is 302 g/mol. The number of benzene rings is 1. The first-order chi connectivity index (χ1) is 10.4. The first-order valence-corrected chi connectivity index (χ1v) is 7.51. The summed E-state index contributed by atoms with van der Waals surface area (Å²) in [5.41, 5.74) is 2.27. The fraction of sp³-hybridized carbons (Fsp3) is 0.375. The van der Waals surface area contributed by atoms with Gasteiger partial charge in [0.15, 0.2) is 0 Å². The van der Waals surface area contributed by atoms with Crippen molar-refractivity contribution in [2.45, 2.75) is 25.9 Å². The predicted molar refractivity (Wildman–Crippen MR) is 86.0 cm³/mol. The Kier molecular flexibility index (Phi) is 5.21. The van der Waals surface area contributed by atoms with Crippen LogP contribution in [0.1, 0.15) is 47.4 Å². The minimum Gasteiger partial charge on any atom is -0.387 e. The standard InChI is InChI=1S/C16H20ClN3O2/c1-10(2)11-4-6-12(7-5-11)14(21)9-18-16(22)13-8-19-20(3)15(13)17/h4-8,10,14,21H,9H2,1-3H3,(H,18,22). The van der Waals surface area contributed by atoms with Crippen LogP contribution in [-0.2, 0) is 7.05 Å². The van der Waals surface area contributed by atoms with E-state index in [-0.39, 0.29) is 17.6 Å². The van der Waals surface area contributed by atoms with Crippen LogP contribution in [0.4, 0.5) is 0 Å². The van der Waals surface area contributed by atoms with E-state index in [0.29, 0.717) is 11.5 Å². The third-order valence-electron chi connectivity index (χ3n) is 3.55. The van der Waals surface area contributed by atoms with Crippen molar-refractivity contribution >= 4 is 17.5 Å². The summed E-state index contributed by atoms with van der Waals surface area (Å²) in [4.78, 5) is 12.0. The van der Waals surface area contributed by atoms with Crippen LogP contribution < -0.4 is 5.32 Å². The van der Waals surface area contributed by atoms with Crippen molar-refractivity contribution in [1.29, 1.82) is 0 Å². The molecule has 1 unspecified atom stereocenters. The number of carbonyl (C=O) groups excluding carboxylic acids is 1. The van der Waals surface area contributed by atoms with E-state index in [4.69, 9.17) is 11.6 Å². The van der Waals surface area contributed by atoms with Gasteiger partial charge < -0.3 is 10.4 Å². The molecule has 5 nitrogen and oxygen atoms in total. The van der Waals surface area contributed by atoms with Gasteiger partial charge in [-0.05, 0) is 17.0 Å². The number of halogens is 1. The van der Waals surface area contributed by atoms with Gasteiger partial charge in [-0.2, -0.15) is 5.10 Å². The lowest BCUT2D eigenvalue weighted by Crippen LogP contribution is -2.28. The van der Waals surface area contributed by atoms with Crippen molar-refractivity contribution in [2.24, 2.45) is 7.05 Å². The Morgan fingerprint density at radius 1 is 1.32 bits per heavy atom. The van der Waals surface area contributed by atoms with Crippen LogP contribution >= 0.6 is 11.6 Å². The number of aromatic nitrogens is 2. The molecule has 0 fully saturated rings. The number of aryl methyl sites for hydroxylation is 1. The molecule has 6 heteroatoms. The fourth-order valence-corrected chi connectivity index (χ4v) is 2.26. The SMILES string of the molecule is CC(C)c1ccc(C(O)CNC(=O)c2cnn(C)c2Cl)cc1. The van der Waals surface area contributed by atoms with Gasteiger partial charge in [0.25, 0.3) is 5.91 Å². The molecular formula is C16H20ClN3O2. The number of nitrogens with zero attached hydrogens (tertiary/aromatic N) is 2. The molecule has 0 radical (unpaired) electrons. The van der Waals surface area contributed by atoms with Gasteiger partial charge in [-0.3, -0.25) is 9.48 Å². The molecule has 2 rings (SSSR count). The van der Waals surface area contributed by atoms with Crippen molar-refractivity contribution in [3.05, 3.63) is 52.3 Å². The lowest BCUT2D eigenvalue weighted by molar-refractivity contribution is 0.0916. The first kappa shape index (κ1) is 16.5. The Morgan fingerprint density at radius 3 is 2.41 bits per heavy atom. The maximum Gasteiger partial charge on any atom is 0.256 e. The average Bonchev–Trinajstić information content (AvgIpc) is 2.84. The number of aliphatic hydroxyl groups excluding tert-OH is 1. The largest absolute Gasteiger partial charge is 0.387 e. The molecule has 1 atom stereocenters. The van der Waals surface area contributed by atoms with Gasteiger partial charge in [0.1, 0.15) is 5.15 Å². The second kappa shape index (κ2) is 6.94. The van der Waals surface area contributed by atoms with Crippen LogP contribution in [0.2, 0.25) is 5.15 Å². The highest BCUT2D eigenvalue weighted by atomic mass is 35.5. The monoisotopic (exact) mass is 321 g/mol. The van der Waals surface area contributed by atoms with Gasteiger partial charge in [0.05, 0.1) is 17.9 Å². The smallest absolute Gasteiger partial charge is 0.256 e. The maximum absolute atomic E-state index is 12.0. The van der Waals surface area contributed by atoms with E-state index in [1.807, 2.05) is 24.3 Å². The average molecular weight is 322 g/mol. The molecule has 1 aromatic heterocycles. The summed E-state index contributed by atoms with van der Waals surface area (Å²) in [5, 5.41) is 17.0. The van der Waals surface area contributed by atoms with Crippen LogP contribution in [0.15, 0.2) is 30.5 Å². The van der Waals surface area contributed by atoms with Gasteiger partial charge in [0, 0.05) is 13.6 Å². The number of rotatable bonds is 5. The summed E-state index contributed by atoms with van der Waals surface area (Å²) >= 11 is 5.96. The molecule has 1 amide bonds. The summed E-state index contributed by atoms with van der Waals surface area (Å²) in [5.74, 6) is 0.0922. The fourth-order valence-electron chi connectivity index (χ4n) is 2.08. The molecule has 0 spiro atoms. The first-order valence-electron chi connectivity index (χ1n) is 7.13. The van der Waals surface area contributed by atoms with Crippen molar-refractivity contribution in [2.75, 3.05) is 6.54 Å². The summed E-state index contributed by atoms with van der Waals surface area (Å²) in [6, 6.07) is 7.73. The van der Waals surface area contributed by atoms with Crippen LogP contribution in [-0.4, -0.2) is 27.3 Å². The zero-order valence-electron chi connectivity index (χ0n) is 12.9. The Labute approximate surface area is 134 Å². The highest BCUT2D eigenvalue weighted by Crippen LogP contribution is 2.19. The molecule has 0 aliphatic carbocycles. The number of hydrogen-bond donors (Lipinski definition) is 2. The molecule has 0 bridgehead atoms.